The van der Waals surface area contributed by atoms with Crippen molar-refractivity contribution in [3.8, 4) is 6.07 Å². The second-order valence-electron chi connectivity index (χ2n) is 9.23. The van der Waals surface area contributed by atoms with Crippen molar-refractivity contribution < 1.29 is 9.59 Å². The van der Waals surface area contributed by atoms with E-state index in [-0.39, 0.29) is 23.7 Å². The van der Waals surface area contributed by atoms with E-state index in [1.807, 2.05) is 48.7 Å². The number of fused-ring (bicyclic) bond motifs is 1. The number of amides is 2. The van der Waals surface area contributed by atoms with Crippen LogP contribution in [0.4, 0.5) is 5.82 Å². The third-order valence-electron chi connectivity index (χ3n) is 6.64. The zero-order chi connectivity index (χ0) is 23.7. The molecule has 1 aromatic carbocycles. The van der Waals surface area contributed by atoms with E-state index in [0.29, 0.717) is 25.3 Å². The minimum atomic E-state index is -0.703. The first-order valence-corrected chi connectivity index (χ1v) is 11.7. The zero-order valence-corrected chi connectivity index (χ0v) is 19.1. The van der Waals surface area contributed by atoms with Gasteiger partial charge in [-0.25, -0.2) is 4.98 Å². The van der Waals surface area contributed by atoms with Crippen LogP contribution in [-0.2, 0) is 16.0 Å². The summed E-state index contributed by atoms with van der Waals surface area (Å²) in [7, 11) is 0. The largest absolute Gasteiger partial charge is 0.346 e. The summed E-state index contributed by atoms with van der Waals surface area (Å²) in [5.74, 6) is -0.102. The molecule has 0 radical (unpaired) electrons. The number of nitrogens with zero attached hydrogens (tertiary/aromatic N) is 3. The number of anilines is 1. The van der Waals surface area contributed by atoms with E-state index in [0.717, 1.165) is 40.6 Å². The number of hydrogen-bond donors (Lipinski definition) is 2. The Morgan fingerprint density at radius 2 is 2.06 bits per heavy atom. The quantitative estimate of drug-likeness (QED) is 0.585. The molecule has 0 spiro atoms. The van der Waals surface area contributed by atoms with Crippen molar-refractivity contribution in [2.45, 2.75) is 26.2 Å². The van der Waals surface area contributed by atoms with E-state index in [1.165, 1.54) is 0 Å². The van der Waals surface area contributed by atoms with Crippen molar-refractivity contribution in [2.75, 3.05) is 18.4 Å². The monoisotopic (exact) mass is 453 g/mol. The molecular formula is C27H27N5O2. The van der Waals surface area contributed by atoms with Crippen molar-refractivity contribution in [2.24, 2.45) is 17.8 Å². The molecule has 1 aliphatic carbocycles. The second kappa shape index (κ2) is 9.14. The third kappa shape index (κ3) is 4.44. The zero-order valence-electron chi connectivity index (χ0n) is 19.1. The van der Waals surface area contributed by atoms with Crippen LogP contribution in [0.5, 0.6) is 0 Å². The number of hydrogen-bond acceptors (Lipinski definition) is 4. The topological polar surface area (TPSA) is 102 Å². The van der Waals surface area contributed by atoms with Crippen LogP contribution in [0.1, 0.15) is 30.9 Å². The molecule has 0 saturated heterocycles. The fourth-order valence-electron chi connectivity index (χ4n) is 4.64. The Morgan fingerprint density at radius 3 is 2.76 bits per heavy atom. The number of H-pyrrole nitrogens is 1. The molecule has 7 nitrogen and oxygen atoms in total. The molecule has 2 atom stereocenters. The van der Waals surface area contributed by atoms with Gasteiger partial charge in [-0.2, -0.15) is 5.26 Å². The Labute approximate surface area is 198 Å². The number of benzene rings is 1. The summed E-state index contributed by atoms with van der Waals surface area (Å²) < 4.78 is 0. The normalized spacial score (nSPS) is 18.8. The molecule has 0 bridgehead atoms. The Kier molecular flexibility index (Phi) is 5.89. The number of carbonyl (C=O) groups is 2. The number of pyridine rings is 1. The number of aromatic nitrogens is 2. The van der Waals surface area contributed by atoms with E-state index >= 15 is 0 Å². The van der Waals surface area contributed by atoms with E-state index in [2.05, 4.69) is 34.4 Å². The van der Waals surface area contributed by atoms with Crippen molar-refractivity contribution >= 4 is 34.2 Å². The molecule has 172 valence electrons. The molecule has 3 aromatic rings. The predicted molar refractivity (Wildman–Crippen MR) is 130 cm³/mol. The average molecular weight is 454 g/mol. The Balaban J connectivity index is 1.37. The molecule has 1 aliphatic heterocycles. The first kappa shape index (κ1) is 21.9. The van der Waals surface area contributed by atoms with E-state index in [9.17, 15) is 14.9 Å². The fourth-order valence-corrected chi connectivity index (χ4v) is 4.64. The van der Waals surface area contributed by atoms with E-state index in [1.54, 1.807) is 4.90 Å². The number of carbonyl (C=O) groups excluding carboxylic acids is 2. The maximum atomic E-state index is 13.2. The smallest absolute Gasteiger partial charge is 0.240 e. The highest BCUT2D eigenvalue weighted by molar-refractivity contribution is 5.97. The molecule has 7 heteroatoms. The van der Waals surface area contributed by atoms with Crippen molar-refractivity contribution in [1.82, 2.24) is 14.9 Å². The minimum absolute atomic E-state index is 0.0211. The lowest BCUT2D eigenvalue weighted by Crippen LogP contribution is -2.41. The molecule has 5 rings (SSSR count). The predicted octanol–water partition coefficient (Wildman–Crippen LogP) is 4.16. The van der Waals surface area contributed by atoms with Gasteiger partial charge in [0.1, 0.15) is 17.4 Å². The van der Waals surface area contributed by atoms with Gasteiger partial charge in [0.2, 0.25) is 11.8 Å². The molecule has 2 aromatic heterocycles. The number of nitrogens with one attached hydrogen (secondary N) is 2. The molecule has 2 amide bonds. The molecule has 2 aliphatic rings. The first-order valence-electron chi connectivity index (χ1n) is 11.7. The molecule has 3 heterocycles. The van der Waals surface area contributed by atoms with Crippen LogP contribution >= 0.6 is 0 Å². The highest BCUT2D eigenvalue weighted by Gasteiger charge is 2.31. The summed E-state index contributed by atoms with van der Waals surface area (Å²) in [5.41, 5.74) is 3.84. The van der Waals surface area contributed by atoms with E-state index < -0.39 is 5.92 Å². The van der Waals surface area contributed by atoms with Crippen LogP contribution in [-0.4, -0.2) is 39.8 Å². The highest BCUT2D eigenvalue weighted by atomic mass is 16.2. The van der Waals surface area contributed by atoms with Crippen LogP contribution in [0.2, 0.25) is 0 Å². The van der Waals surface area contributed by atoms with Crippen molar-refractivity contribution in [1.29, 1.82) is 5.26 Å². The third-order valence-corrected chi connectivity index (χ3v) is 6.64. The van der Waals surface area contributed by atoms with Gasteiger partial charge in [-0.1, -0.05) is 43.3 Å². The van der Waals surface area contributed by atoms with Gasteiger partial charge in [-0.3, -0.25) is 9.59 Å². The maximum Gasteiger partial charge on any atom is 0.240 e. The summed E-state index contributed by atoms with van der Waals surface area (Å²) >= 11 is 0. The fraction of sp³-hybridized carbons (Fsp3) is 0.333. The van der Waals surface area contributed by atoms with Gasteiger partial charge in [0.05, 0.1) is 6.07 Å². The Bertz CT molecular complexity index is 1300. The average Bonchev–Trinajstić information content (AvgIpc) is 3.60. The van der Waals surface area contributed by atoms with Gasteiger partial charge in [0.25, 0.3) is 0 Å². The molecular weight excluding hydrogens is 426 g/mol. The summed E-state index contributed by atoms with van der Waals surface area (Å²) in [5, 5.41) is 13.6. The summed E-state index contributed by atoms with van der Waals surface area (Å²) in [6.45, 7) is 3.07. The minimum Gasteiger partial charge on any atom is -0.346 e. The van der Waals surface area contributed by atoms with E-state index in [4.69, 9.17) is 0 Å². The molecule has 2 unspecified atom stereocenters. The molecule has 1 saturated carbocycles. The van der Waals surface area contributed by atoms with Crippen LogP contribution in [0, 0.1) is 29.1 Å². The number of rotatable bonds is 6. The molecule has 2 N–H and O–H groups in total. The summed E-state index contributed by atoms with van der Waals surface area (Å²) in [6.07, 6.45) is 6.19. The van der Waals surface area contributed by atoms with Gasteiger partial charge < -0.3 is 15.2 Å². The second-order valence-corrected chi connectivity index (χ2v) is 9.23. The Hall–Kier alpha value is -3.92. The van der Waals surface area contributed by atoms with Gasteiger partial charge >= 0.3 is 0 Å². The van der Waals surface area contributed by atoms with Crippen LogP contribution < -0.4 is 5.32 Å². The van der Waals surface area contributed by atoms with Crippen LogP contribution in [0.3, 0.4) is 0 Å². The first-order chi connectivity index (χ1) is 16.5. The molecule has 1 fully saturated rings. The lowest BCUT2D eigenvalue weighted by molar-refractivity contribution is -0.133. The number of aromatic amines is 1. The number of nitriles is 1. The van der Waals surface area contributed by atoms with Gasteiger partial charge in [-0.05, 0) is 54.0 Å². The Morgan fingerprint density at radius 1 is 1.26 bits per heavy atom. The van der Waals surface area contributed by atoms with Gasteiger partial charge in [0, 0.05) is 30.6 Å². The molecule has 34 heavy (non-hydrogen) atoms. The lowest BCUT2D eigenvalue weighted by atomic mass is 9.88. The standard InChI is InChI=1S/C27H27N5O2/c1-17-16-32(27(34)20(15-28)13-18-5-3-2-4-6-18)12-10-21(17)23-14-24(31-26(33)19-7-8-19)30-25-22(23)9-11-29-25/h2-6,9-11,14,17,19-20H,7-8,12-13,16H2,1H3,(H2,29,30,31,33). The van der Waals surface area contributed by atoms with Crippen molar-refractivity contribution in [3.05, 3.63) is 65.9 Å². The summed E-state index contributed by atoms with van der Waals surface area (Å²) in [4.78, 5) is 34.9. The maximum absolute atomic E-state index is 13.2. The SMILES string of the molecule is CC1CN(C(=O)C(C#N)Cc2ccccc2)CC=C1c1cc(NC(=O)C2CC2)nc2[nH]ccc12. The van der Waals surface area contributed by atoms with Gasteiger partial charge in [-0.15, -0.1) is 0 Å². The van der Waals surface area contributed by atoms with Crippen LogP contribution in [0.15, 0.2) is 54.7 Å². The summed E-state index contributed by atoms with van der Waals surface area (Å²) in [6, 6.07) is 15.8. The van der Waals surface area contributed by atoms with Crippen molar-refractivity contribution in [3.63, 3.8) is 0 Å². The van der Waals surface area contributed by atoms with Crippen LogP contribution in [0.25, 0.3) is 16.6 Å². The highest BCUT2D eigenvalue weighted by Crippen LogP contribution is 2.35. The lowest BCUT2D eigenvalue weighted by Gasteiger charge is -2.33. The van der Waals surface area contributed by atoms with Gasteiger partial charge in [0.15, 0.2) is 0 Å².